The van der Waals surface area contributed by atoms with E-state index in [1.165, 1.54) is 4.90 Å². The molecule has 2 aromatic heterocycles. The highest BCUT2D eigenvalue weighted by Crippen LogP contribution is 2.10. The molecule has 3 rings (SSSR count). The Morgan fingerprint density at radius 2 is 2.08 bits per heavy atom. The molecule has 138 valence electrons. The normalized spacial score (nSPS) is 16.3. The van der Waals surface area contributed by atoms with E-state index in [0.29, 0.717) is 25.3 Å². The number of aryl methyl sites for hydroxylation is 2. The van der Waals surface area contributed by atoms with Gasteiger partial charge in [0.25, 0.3) is 5.91 Å². The van der Waals surface area contributed by atoms with Gasteiger partial charge >= 0.3 is 0 Å². The van der Waals surface area contributed by atoms with Gasteiger partial charge in [-0.15, -0.1) is 0 Å². The molecule has 0 fully saturated rings. The first-order chi connectivity index (χ1) is 12.6. The molecule has 2 bridgehead atoms. The number of pyridine rings is 1. The van der Waals surface area contributed by atoms with Crippen LogP contribution in [-0.4, -0.2) is 53.0 Å². The molecule has 1 aliphatic rings. The largest absolute Gasteiger partial charge is 0.370 e. The maximum absolute atomic E-state index is 12.7. The van der Waals surface area contributed by atoms with E-state index in [9.17, 15) is 9.59 Å². The lowest BCUT2D eigenvalue weighted by Crippen LogP contribution is -2.42. The zero-order valence-corrected chi connectivity index (χ0v) is 14.8. The molecule has 8 nitrogen and oxygen atoms in total. The lowest BCUT2D eigenvalue weighted by Gasteiger charge is -2.21. The van der Waals surface area contributed by atoms with Crippen LogP contribution in [-0.2, 0) is 11.2 Å². The second-order valence-corrected chi connectivity index (χ2v) is 6.30. The Hall–Kier alpha value is -2.90. The van der Waals surface area contributed by atoms with Crippen LogP contribution in [0.1, 0.15) is 34.8 Å². The van der Waals surface area contributed by atoms with E-state index in [1.807, 2.05) is 18.2 Å². The van der Waals surface area contributed by atoms with Crippen LogP contribution in [0, 0.1) is 6.92 Å². The number of hydrogen-bond acceptors (Lipinski definition) is 6. The molecule has 0 saturated carbocycles. The average molecular weight is 357 g/mol. The Morgan fingerprint density at radius 1 is 1.23 bits per heavy atom. The van der Waals surface area contributed by atoms with E-state index >= 15 is 0 Å². The van der Waals surface area contributed by atoms with Crippen molar-refractivity contribution in [2.24, 2.45) is 0 Å². The topological polar surface area (TPSA) is 100 Å². The lowest BCUT2D eigenvalue weighted by atomic mass is 10.2. The van der Waals surface area contributed by atoms with Crippen LogP contribution in [0.25, 0.3) is 0 Å². The highest BCUT2D eigenvalue weighted by Gasteiger charge is 2.21. The van der Waals surface area contributed by atoms with Gasteiger partial charge in [0, 0.05) is 31.4 Å². The van der Waals surface area contributed by atoms with Crippen molar-refractivity contribution >= 4 is 17.6 Å². The van der Waals surface area contributed by atoms with Gasteiger partial charge in [0.15, 0.2) is 5.69 Å². The summed E-state index contributed by atoms with van der Waals surface area (Å²) >= 11 is 0. The summed E-state index contributed by atoms with van der Waals surface area (Å²) in [5, 5.41) is 9.88. The number of carbonyl (C=O) groups excluding carboxylic acids is 2. The van der Waals surface area contributed by atoms with Crippen molar-refractivity contribution in [3.05, 3.63) is 41.4 Å². The zero-order valence-electron chi connectivity index (χ0n) is 14.8. The monoisotopic (exact) mass is 357 g/mol. The number of hydrogen-bond donors (Lipinski definition) is 2. The second-order valence-electron chi connectivity index (χ2n) is 6.30. The summed E-state index contributed by atoms with van der Waals surface area (Å²) in [6.07, 6.45) is 2.19. The molecule has 0 radical (unpaired) electrons. The fourth-order valence-electron chi connectivity index (χ4n) is 2.81. The van der Waals surface area contributed by atoms with Crippen LogP contribution >= 0.6 is 0 Å². The number of aromatic nitrogens is 2. The molecule has 26 heavy (non-hydrogen) atoms. The Kier molecular flexibility index (Phi) is 5.83. The minimum atomic E-state index is -0.299. The lowest BCUT2D eigenvalue weighted by molar-refractivity contribution is -0.121. The highest BCUT2D eigenvalue weighted by atomic mass is 16.5. The van der Waals surface area contributed by atoms with Crippen LogP contribution < -0.4 is 10.6 Å². The fourth-order valence-corrected chi connectivity index (χ4v) is 2.81. The molecule has 2 amide bonds. The molecule has 0 aromatic carbocycles. The number of carbonyl (C=O) groups is 2. The summed E-state index contributed by atoms with van der Waals surface area (Å²) in [6, 6.07) is 7.45. The number of nitrogens with zero attached hydrogens (tertiary/aromatic N) is 3. The summed E-state index contributed by atoms with van der Waals surface area (Å²) in [6.45, 7) is 3.43. The van der Waals surface area contributed by atoms with Gasteiger partial charge in [0.2, 0.25) is 5.91 Å². The van der Waals surface area contributed by atoms with Gasteiger partial charge in [-0.3, -0.25) is 9.59 Å². The van der Waals surface area contributed by atoms with Crippen LogP contribution in [0.2, 0.25) is 0 Å². The van der Waals surface area contributed by atoms with Crippen molar-refractivity contribution in [1.29, 1.82) is 0 Å². The number of anilines is 1. The van der Waals surface area contributed by atoms with Gasteiger partial charge in [-0.05, 0) is 38.3 Å². The van der Waals surface area contributed by atoms with Crippen molar-refractivity contribution in [2.45, 2.75) is 26.2 Å². The first kappa shape index (κ1) is 17.9. The molecule has 0 unspecified atom stereocenters. The van der Waals surface area contributed by atoms with Crippen molar-refractivity contribution in [3.63, 3.8) is 0 Å². The third-order valence-electron chi connectivity index (χ3n) is 4.12. The summed E-state index contributed by atoms with van der Waals surface area (Å²) in [4.78, 5) is 30.9. The van der Waals surface area contributed by atoms with Gasteiger partial charge in [0.05, 0.1) is 6.54 Å². The molecule has 2 aromatic rings. The van der Waals surface area contributed by atoms with Gasteiger partial charge in [-0.1, -0.05) is 11.2 Å². The van der Waals surface area contributed by atoms with E-state index in [4.69, 9.17) is 4.52 Å². The van der Waals surface area contributed by atoms with Crippen molar-refractivity contribution in [2.75, 3.05) is 31.5 Å². The van der Waals surface area contributed by atoms with Gasteiger partial charge in [-0.25, -0.2) is 4.98 Å². The molecular formula is C18H23N5O3. The number of amides is 2. The molecule has 0 atom stereocenters. The van der Waals surface area contributed by atoms with Crippen LogP contribution in [0.4, 0.5) is 5.82 Å². The van der Waals surface area contributed by atoms with Crippen molar-refractivity contribution in [3.8, 4) is 0 Å². The second kappa shape index (κ2) is 8.46. The number of fused-ring (bicyclic) bond motifs is 2. The summed E-state index contributed by atoms with van der Waals surface area (Å²) < 4.78 is 4.99. The Balaban J connectivity index is 1.73. The first-order valence-electron chi connectivity index (χ1n) is 8.81. The van der Waals surface area contributed by atoms with E-state index in [0.717, 1.165) is 30.9 Å². The molecule has 3 heterocycles. The molecule has 2 N–H and O–H groups in total. The molecule has 8 heteroatoms. The SMILES string of the molecule is Cc1cc(C(=O)N2CCCc3cccc(n3)NCCCNC(=O)C2)no1. The van der Waals surface area contributed by atoms with E-state index in [-0.39, 0.29) is 24.1 Å². The molecule has 0 aliphatic carbocycles. The standard InChI is InChI=1S/C18H23N5O3/c1-13-11-15(22-26-13)18(25)23-10-3-6-14-5-2-7-16(21-14)19-8-4-9-20-17(24)12-23/h2,5,7,11H,3-4,6,8-10,12H2,1H3,(H,19,21)(H,20,24). The number of rotatable bonds is 1. The maximum Gasteiger partial charge on any atom is 0.276 e. The summed E-state index contributed by atoms with van der Waals surface area (Å²) in [5.74, 6) is 0.921. The Labute approximate surface area is 151 Å². The fraction of sp³-hybridized carbons (Fsp3) is 0.444. The van der Waals surface area contributed by atoms with Crippen LogP contribution in [0.3, 0.4) is 0 Å². The van der Waals surface area contributed by atoms with Crippen LogP contribution in [0.15, 0.2) is 28.8 Å². The first-order valence-corrected chi connectivity index (χ1v) is 8.81. The Morgan fingerprint density at radius 3 is 2.88 bits per heavy atom. The molecule has 0 spiro atoms. The molecule has 1 aliphatic heterocycles. The van der Waals surface area contributed by atoms with Gasteiger partial charge in [-0.2, -0.15) is 0 Å². The summed E-state index contributed by atoms with van der Waals surface area (Å²) in [5.41, 5.74) is 1.18. The third-order valence-corrected chi connectivity index (χ3v) is 4.12. The zero-order chi connectivity index (χ0) is 18.4. The maximum atomic E-state index is 12.7. The minimum Gasteiger partial charge on any atom is -0.370 e. The Bertz CT molecular complexity index is 774. The van der Waals surface area contributed by atoms with E-state index < -0.39 is 0 Å². The van der Waals surface area contributed by atoms with Gasteiger partial charge in [0.1, 0.15) is 11.6 Å². The van der Waals surface area contributed by atoms with Crippen molar-refractivity contribution < 1.29 is 14.1 Å². The number of nitrogens with one attached hydrogen (secondary N) is 2. The summed E-state index contributed by atoms with van der Waals surface area (Å²) in [7, 11) is 0. The average Bonchev–Trinajstić information content (AvgIpc) is 3.06. The smallest absolute Gasteiger partial charge is 0.276 e. The minimum absolute atomic E-state index is 0.00559. The predicted octanol–water partition coefficient (Wildman–Crippen LogP) is 1.38. The highest BCUT2D eigenvalue weighted by molar-refractivity contribution is 5.94. The van der Waals surface area contributed by atoms with E-state index in [2.05, 4.69) is 20.8 Å². The molecular weight excluding hydrogens is 334 g/mol. The molecule has 0 saturated heterocycles. The van der Waals surface area contributed by atoms with Gasteiger partial charge < -0.3 is 20.1 Å². The van der Waals surface area contributed by atoms with E-state index in [1.54, 1.807) is 13.0 Å². The quantitative estimate of drug-likeness (QED) is 0.800. The third kappa shape index (κ3) is 4.81. The van der Waals surface area contributed by atoms with Crippen LogP contribution in [0.5, 0.6) is 0 Å². The van der Waals surface area contributed by atoms with Crippen molar-refractivity contribution in [1.82, 2.24) is 20.4 Å². The predicted molar refractivity (Wildman–Crippen MR) is 95.8 cm³/mol.